The van der Waals surface area contributed by atoms with E-state index >= 15 is 0 Å². The highest BCUT2D eigenvalue weighted by Crippen LogP contribution is 2.37. The third-order valence-corrected chi connectivity index (χ3v) is 5.70. The van der Waals surface area contributed by atoms with Crippen molar-refractivity contribution in [1.29, 1.82) is 0 Å². The summed E-state index contributed by atoms with van der Waals surface area (Å²) in [5, 5.41) is 0.365. The molecule has 0 unspecified atom stereocenters. The summed E-state index contributed by atoms with van der Waals surface area (Å²) in [6.45, 7) is 0. The molecule has 1 saturated carbocycles. The number of aromatic nitrogens is 1. The topological polar surface area (TPSA) is 12.9 Å². The first-order chi connectivity index (χ1) is 12.2. The van der Waals surface area contributed by atoms with Gasteiger partial charge in [-0.15, -0.1) is 0 Å². The highest BCUT2D eigenvalue weighted by atomic mass is 14.7. The lowest BCUT2D eigenvalue weighted by atomic mass is 9.57. The Hall–Kier alpha value is -2.35. The van der Waals surface area contributed by atoms with Crippen LogP contribution in [0.1, 0.15) is 37.7 Å². The Morgan fingerprint density at radius 3 is 2.16 bits per heavy atom. The molecule has 1 aliphatic carbocycles. The molecule has 0 atom stereocenters. The van der Waals surface area contributed by atoms with Crippen molar-refractivity contribution in [2.24, 2.45) is 0 Å². The molecule has 25 heavy (non-hydrogen) atoms. The SMILES string of the molecule is BC1(c2ccc(-c3ccnc(-c4ccccc4)c3)cc2)CCCCC1. The molecule has 0 bridgehead atoms. The average Bonchev–Trinajstić information content (AvgIpc) is 2.69. The van der Waals surface area contributed by atoms with Crippen LogP contribution in [0.2, 0.25) is 0 Å². The van der Waals surface area contributed by atoms with Gasteiger partial charge in [-0.25, -0.2) is 0 Å². The third kappa shape index (κ3) is 3.39. The van der Waals surface area contributed by atoms with Crippen molar-refractivity contribution in [2.75, 3.05) is 0 Å². The predicted octanol–water partition coefficient (Wildman–Crippen LogP) is 5.21. The lowest BCUT2D eigenvalue weighted by molar-refractivity contribution is 0.398. The molecule has 1 nitrogen and oxygen atoms in total. The first-order valence-electron chi connectivity index (χ1n) is 9.37. The molecule has 1 aromatic heterocycles. The molecule has 0 aliphatic heterocycles. The van der Waals surface area contributed by atoms with Gasteiger partial charge in [0.05, 0.1) is 5.69 Å². The summed E-state index contributed by atoms with van der Waals surface area (Å²) in [6, 6.07) is 23.9. The van der Waals surface area contributed by atoms with E-state index in [4.69, 9.17) is 0 Å². The Labute approximate surface area is 151 Å². The summed E-state index contributed by atoms with van der Waals surface area (Å²) in [5.74, 6) is 0. The molecule has 0 radical (unpaired) electrons. The molecule has 1 fully saturated rings. The van der Waals surface area contributed by atoms with Crippen LogP contribution in [0.3, 0.4) is 0 Å². The summed E-state index contributed by atoms with van der Waals surface area (Å²) in [6.07, 6.45) is 8.67. The first-order valence-corrected chi connectivity index (χ1v) is 9.37. The normalized spacial score (nSPS) is 16.5. The van der Waals surface area contributed by atoms with Crippen LogP contribution >= 0.6 is 0 Å². The van der Waals surface area contributed by atoms with Gasteiger partial charge < -0.3 is 0 Å². The van der Waals surface area contributed by atoms with Crippen LogP contribution < -0.4 is 0 Å². The van der Waals surface area contributed by atoms with Gasteiger partial charge in [-0.05, 0) is 34.1 Å². The summed E-state index contributed by atoms with van der Waals surface area (Å²) in [5.41, 5.74) is 6.18. The van der Waals surface area contributed by atoms with Crippen LogP contribution in [0.5, 0.6) is 0 Å². The molecule has 4 rings (SSSR count). The van der Waals surface area contributed by atoms with Crippen LogP contribution in [0.15, 0.2) is 72.9 Å². The van der Waals surface area contributed by atoms with Gasteiger partial charge in [-0.1, -0.05) is 86.7 Å². The summed E-state index contributed by atoms with van der Waals surface area (Å²) >= 11 is 0. The molecular weight excluding hydrogens is 301 g/mol. The zero-order valence-electron chi connectivity index (χ0n) is 14.9. The lowest BCUT2D eigenvalue weighted by Gasteiger charge is -2.34. The first kappa shape index (κ1) is 16.1. The van der Waals surface area contributed by atoms with Crippen molar-refractivity contribution in [2.45, 2.75) is 37.4 Å². The zero-order valence-corrected chi connectivity index (χ0v) is 14.9. The fourth-order valence-corrected chi connectivity index (χ4v) is 4.06. The maximum absolute atomic E-state index is 4.54. The van der Waals surface area contributed by atoms with Crippen LogP contribution in [-0.4, -0.2) is 12.8 Å². The number of hydrogen-bond acceptors (Lipinski definition) is 1. The van der Waals surface area contributed by atoms with Crippen molar-refractivity contribution in [3.63, 3.8) is 0 Å². The third-order valence-electron chi connectivity index (χ3n) is 5.70. The van der Waals surface area contributed by atoms with Gasteiger partial charge in [0, 0.05) is 11.8 Å². The summed E-state index contributed by atoms with van der Waals surface area (Å²) in [4.78, 5) is 4.54. The van der Waals surface area contributed by atoms with E-state index in [0.29, 0.717) is 5.31 Å². The molecule has 1 aliphatic rings. The molecule has 0 N–H and O–H groups in total. The summed E-state index contributed by atoms with van der Waals surface area (Å²) < 4.78 is 0. The molecule has 3 aromatic rings. The van der Waals surface area contributed by atoms with E-state index < -0.39 is 0 Å². The Kier molecular flexibility index (Phi) is 4.44. The molecule has 1 heterocycles. The van der Waals surface area contributed by atoms with E-state index in [1.165, 1.54) is 48.8 Å². The number of benzene rings is 2. The van der Waals surface area contributed by atoms with E-state index in [0.717, 1.165) is 11.3 Å². The van der Waals surface area contributed by atoms with E-state index in [2.05, 4.69) is 73.5 Å². The number of pyridine rings is 1. The second-order valence-electron chi connectivity index (χ2n) is 7.49. The molecular formula is C23H24BN. The van der Waals surface area contributed by atoms with Gasteiger partial charge >= 0.3 is 0 Å². The average molecular weight is 325 g/mol. The van der Waals surface area contributed by atoms with Crippen molar-refractivity contribution in [3.05, 3.63) is 78.5 Å². The smallest absolute Gasteiger partial charge is 0.115 e. The van der Waals surface area contributed by atoms with Crippen molar-refractivity contribution >= 4 is 7.85 Å². The Bertz CT molecular complexity index is 833. The minimum atomic E-state index is 0.365. The van der Waals surface area contributed by atoms with Crippen LogP contribution in [0, 0.1) is 0 Å². The van der Waals surface area contributed by atoms with Crippen molar-refractivity contribution < 1.29 is 0 Å². The van der Waals surface area contributed by atoms with Gasteiger partial charge in [-0.2, -0.15) is 0 Å². The van der Waals surface area contributed by atoms with Crippen LogP contribution in [0.25, 0.3) is 22.4 Å². The van der Waals surface area contributed by atoms with Crippen LogP contribution in [-0.2, 0) is 5.31 Å². The Morgan fingerprint density at radius 2 is 1.44 bits per heavy atom. The molecule has 2 heteroatoms. The Morgan fingerprint density at radius 1 is 0.720 bits per heavy atom. The Balaban J connectivity index is 1.62. The monoisotopic (exact) mass is 325 g/mol. The van der Waals surface area contributed by atoms with E-state index in [-0.39, 0.29) is 0 Å². The highest BCUT2D eigenvalue weighted by molar-refractivity contribution is 6.16. The van der Waals surface area contributed by atoms with Gasteiger partial charge in [0.25, 0.3) is 0 Å². The van der Waals surface area contributed by atoms with E-state index in [9.17, 15) is 0 Å². The highest BCUT2D eigenvalue weighted by Gasteiger charge is 2.28. The minimum Gasteiger partial charge on any atom is -0.256 e. The lowest BCUT2D eigenvalue weighted by Crippen LogP contribution is -2.29. The predicted molar refractivity (Wildman–Crippen MR) is 108 cm³/mol. The van der Waals surface area contributed by atoms with Gasteiger partial charge in [0.1, 0.15) is 7.85 Å². The second-order valence-corrected chi connectivity index (χ2v) is 7.49. The molecule has 124 valence electrons. The number of hydrogen-bond donors (Lipinski definition) is 0. The fourth-order valence-electron chi connectivity index (χ4n) is 4.06. The fraction of sp³-hybridized carbons (Fsp3) is 0.261. The van der Waals surface area contributed by atoms with Crippen molar-refractivity contribution in [1.82, 2.24) is 4.98 Å². The largest absolute Gasteiger partial charge is 0.256 e. The number of rotatable bonds is 3. The van der Waals surface area contributed by atoms with Crippen LogP contribution in [0.4, 0.5) is 0 Å². The zero-order chi connectivity index (χ0) is 17.1. The minimum absolute atomic E-state index is 0.365. The summed E-state index contributed by atoms with van der Waals surface area (Å²) in [7, 11) is 2.43. The van der Waals surface area contributed by atoms with Crippen molar-refractivity contribution in [3.8, 4) is 22.4 Å². The molecule has 2 aromatic carbocycles. The quantitative estimate of drug-likeness (QED) is 0.603. The molecule has 0 amide bonds. The second kappa shape index (κ2) is 6.88. The van der Waals surface area contributed by atoms with Gasteiger partial charge in [0.15, 0.2) is 0 Å². The van der Waals surface area contributed by atoms with E-state index in [1.807, 2.05) is 12.3 Å². The standard InChI is InChI=1S/C23H24BN/c24-23(14-5-2-6-15-23)21-11-9-18(10-12-21)20-13-16-25-22(17-20)19-7-3-1-4-8-19/h1,3-4,7-13,16-17H,2,5-6,14-15,24H2. The van der Waals surface area contributed by atoms with E-state index in [1.54, 1.807) is 0 Å². The molecule has 0 saturated heterocycles. The maximum atomic E-state index is 4.54. The number of nitrogens with zero attached hydrogens (tertiary/aromatic N) is 1. The van der Waals surface area contributed by atoms with Gasteiger partial charge in [-0.3, -0.25) is 4.98 Å². The molecule has 0 spiro atoms. The maximum Gasteiger partial charge on any atom is 0.115 e. The van der Waals surface area contributed by atoms with Gasteiger partial charge in [0.2, 0.25) is 0 Å².